The van der Waals surface area contributed by atoms with Gasteiger partial charge in [-0.2, -0.15) is 0 Å². The van der Waals surface area contributed by atoms with Crippen molar-refractivity contribution in [1.82, 2.24) is 9.78 Å². The number of aromatic amines is 1. The molecule has 0 aliphatic heterocycles. The van der Waals surface area contributed by atoms with Crippen LogP contribution in [0.5, 0.6) is 5.75 Å². The molecule has 0 spiro atoms. The maximum Gasteiger partial charge on any atom is 0.311 e. The number of nitro benzene ring substituents is 1. The van der Waals surface area contributed by atoms with Crippen molar-refractivity contribution < 1.29 is 19.2 Å². The van der Waals surface area contributed by atoms with E-state index in [1.54, 1.807) is 14.0 Å². The van der Waals surface area contributed by atoms with E-state index >= 15 is 0 Å². The molecule has 10 heteroatoms. The fraction of sp³-hybridized carbons (Fsp3) is 0.227. The van der Waals surface area contributed by atoms with E-state index in [0.29, 0.717) is 29.4 Å². The standard InChI is InChI=1S/C22H22N4O6/c1-14(23-13-15-5-4-6-18(11-15)31-2)21-19(12-20(27)32-3)24-25(22(21)28)16-7-9-17(10-8-16)26(29)30/h4-11,24H,12-13H2,1-3H3. The Kier molecular flexibility index (Phi) is 6.83. The lowest BCUT2D eigenvalue weighted by molar-refractivity contribution is -0.384. The molecule has 0 saturated carbocycles. The van der Waals surface area contributed by atoms with Gasteiger partial charge < -0.3 is 9.47 Å². The number of carbonyl (C=O) groups is 1. The van der Waals surface area contributed by atoms with Crippen molar-refractivity contribution in [2.75, 3.05) is 14.2 Å². The summed E-state index contributed by atoms with van der Waals surface area (Å²) >= 11 is 0. The second-order valence-corrected chi connectivity index (χ2v) is 6.89. The zero-order valence-corrected chi connectivity index (χ0v) is 17.8. The molecule has 0 amide bonds. The Morgan fingerprint density at radius 3 is 2.53 bits per heavy atom. The van der Waals surface area contributed by atoms with Crippen molar-refractivity contribution in [3.05, 3.63) is 85.8 Å². The van der Waals surface area contributed by atoms with Crippen molar-refractivity contribution in [1.29, 1.82) is 0 Å². The van der Waals surface area contributed by atoms with Crippen LogP contribution in [-0.4, -0.2) is 40.6 Å². The molecule has 0 fully saturated rings. The molecule has 0 aliphatic carbocycles. The molecule has 32 heavy (non-hydrogen) atoms. The van der Waals surface area contributed by atoms with E-state index in [2.05, 4.69) is 10.1 Å². The molecule has 0 radical (unpaired) electrons. The largest absolute Gasteiger partial charge is 0.497 e. The maximum atomic E-state index is 13.2. The Morgan fingerprint density at radius 2 is 1.91 bits per heavy atom. The Hall–Kier alpha value is -4.21. The smallest absolute Gasteiger partial charge is 0.311 e. The number of aromatic nitrogens is 2. The van der Waals surface area contributed by atoms with Gasteiger partial charge in [0, 0.05) is 17.8 Å². The van der Waals surface area contributed by atoms with Crippen LogP contribution >= 0.6 is 0 Å². The number of hydrogen-bond acceptors (Lipinski definition) is 7. The Labute approximate surface area is 183 Å². The van der Waals surface area contributed by atoms with Gasteiger partial charge in [-0.3, -0.25) is 29.8 Å². The number of non-ortho nitro benzene ring substituents is 1. The molecule has 10 nitrogen and oxygen atoms in total. The number of aliphatic imine (C=N–C) groups is 1. The number of hydrogen-bond donors (Lipinski definition) is 1. The summed E-state index contributed by atoms with van der Waals surface area (Å²) in [5.74, 6) is 0.174. The third-order valence-electron chi connectivity index (χ3n) is 4.83. The van der Waals surface area contributed by atoms with Crippen LogP contribution in [0.4, 0.5) is 5.69 Å². The molecule has 1 aromatic heterocycles. The zero-order chi connectivity index (χ0) is 23.3. The molecule has 0 atom stereocenters. The van der Waals surface area contributed by atoms with E-state index in [1.165, 1.54) is 36.1 Å². The number of nitro groups is 1. The fourth-order valence-corrected chi connectivity index (χ4v) is 3.17. The highest BCUT2D eigenvalue weighted by Crippen LogP contribution is 2.17. The first-order chi connectivity index (χ1) is 15.3. The third kappa shape index (κ3) is 4.91. The van der Waals surface area contributed by atoms with Gasteiger partial charge in [0.05, 0.1) is 49.1 Å². The van der Waals surface area contributed by atoms with Crippen molar-refractivity contribution in [2.24, 2.45) is 4.99 Å². The van der Waals surface area contributed by atoms with Gasteiger partial charge in [-0.15, -0.1) is 0 Å². The number of esters is 1. The summed E-state index contributed by atoms with van der Waals surface area (Å²) < 4.78 is 11.2. The molecule has 0 bridgehead atoms. The number of methoxy groups -OCH3 is 2. The number of ether oxygens (including phenoxy) is 2. The molecule has 166 valence electrons. The predicted molar refractivity (Wildman–Crippen MR) is 118 cm³/mol. The lowest BCUT2D eigenvalue weighted by Gasteiger charge is -2.04. The molecule has 2 aromatic carbocycles. The number of rotatable bonds is 8. The van der Waals surface area contributed by atoms with E-state index in [4.69, 9.17) is 9.47 Å². The van der Waals surface area contributed by atoms with E-state index in [9.17, 15) is 19.7 Å². The Morgan fingerprint density at radius 1 is 1.19 bits per heavy atom. The summed E-state index contributed by atoms with van der Waals surface area (Å²) in [4.78, 5) is 40.0. The number of nitrogens with zero attached hydrogens (tertiary/aromatic N) is 3. The molecule has 3 rings (SSSR count). The lowest BCUT2D eigenvalue weighted by Crippen LogP contribution is -2.20. The van der Waals surface area contributed by atoms with E-state index in [0.717, 1.165) is 5.56 Å². The molecular formula is C22H22N4O6. The quantitative estimate of drug-likeness (QED) is 0.249. The van der Waals surface area contributed by atoms with Crippen LogP contribution in [0.1, 0.15) is 23.7 Å². The highest BCUT2D eigenvalue weighted by atomic mass is 16.6. The molecule has 3 aromatic rings. The minimum absolute atomic E-state index is 0.0978. The van der Waals surface area contributed by atoms with Crippen molar-refractivity contribution >= 4 is 17.4 Å². The minimum atomic E-state index is -0.524. The van der Waals surface area contributed by atoms with Crippen molar-refractivity contribution in [3.63, 3.8) is 0 Å². The van der Waals surface area contributed by atoms with Gasteiger partial charge in [-0.1, -0.05) is 12.1 Å². The van der Waals surface area contributed by atoms with Crippen LogP contribution in [0.15, 0.2) is 58.3 Å². The molecule has 0 unspecified atom stereocenters. The fourth-order valence-electron chi connectivity index (χ4n) is 3.17. The van der Waals surface area contributed by atoms with Crippen molar-refractivity contribution in [2.45, 2.75) is 19.9 Å². The second kappa shape index (κ2) is 9.73. The van der Waals surface area contributed by atoms with Crippen LogP contribution < -0.4 is 10.3 Å². The monoisotopic (exact) mass is 438 g/mol. The van der Waals surface area contributed by atoms with E-state index in [1.807, 2.05) is 24.3 Å². The molecule has 0 aliphatic rings. The highest BCUT2D eigenvalue weighted by Gasteiger charge is 2.20. The summed E-state index contributed by atoms with van der Waals surface area (Å²) in [5.41, 5.74) is 1.78. The van der Waals surface area contributed by atoms with Gasteiger partial charge in [0.1, 0.15) is 5.75 Å². The average Bonchev–Trinajstić information content (AvgIpc) is 3.13. The number of carbonyl (C=O) groups excluding carboxylic acids is 1. The Balaban J connectivity index is 2.01. The van der Waals surface area contributed by atoms with Gasteiger partial charge in [0.2, 0.25) is 0 Å². The van der Waals surface area contributed by atoms with Crippen LogP contribution in [0.2, 0.25) is 0 Å². The summed E-state index contributed by atoms with van der Waals surface area (Å²) in [6.45, 7) is 1.99. The van der Waals surface area contributed by atoms with Crippen LogP contribution in [0.25, 0.3) is 5.69 Å². The van der Waals surface area contributed by atoms with Gasteiger partial charge in [-0.05, 0) is 36.8 Å². The number of nitrogens with one attached hydrogen (secondary N) is 1. The van der Waals surface area contributed by atoms with E-state index < -0.39 is 16.5 Å². The molecule has 0 saturated heterocycles. The summed E-state index contributed by atoms with van der Waals surface area (Å²) in [6, 6.07) is 12.9. The first-order valence-corrected chi connectivity index (χ1v) is 9.64. The topological polar surface area (TPSA) is 129 Å². The normalized spacial score (nSPS) is 11.3. The highest BCUT2D eigenvalue weighted by molar-refractivity contribution is 6.00. The third-order valence-corrected chi connectivity index (χ3v) is 4.83. The predicted octanol–water partition coefficient (Wildman–Crippen LogP) is 2.81. The zero-order valence-electron chi connectivity index (χ0n) is 17.8. The second-order valence-electron chi connectivity index (χ2n) is 6.89. The van der Waals surface area contributed by atoms with Gasteiger partial charge in [0.25, 0.3) is 11.2 Å². The SMILES string of the molecule is COC(=O)Cc1[nH]n(-c2ccc([N+](=O)[O-])cc2)c(=O)c1C(C)=NCc1cccc(OC)c1. The van der Waals surface area contributed by atoms with Gasteiger partial charge in [-0.25, -0.2) is 4.68 Å². The number of benzene rings is 2. The first kappa shape index (κ1) is 22.5. The molecular weight excluding hydrogens is 416 g/mol. The number of H-pyrrole nitrogens is 1. The maximum absolute atomic E-state index is 13.2. The summed E-state index contributed by atoms with van der Waals surface area (Å²) in [5, 5.41) is 13.8. The minimum Gasteiger partial charge on any atom is -0.497 e. The summed E-state index contributed by atoms with van der Waals surface area (Å²) in [7, 11) is 2.84. The molecule has 1 N–H and O–H groups in total. The first-order valence-electron chi connectivity index (χ1n) is 9.64. The van der Waals surface area contributed by atoms with Crippen LogP contribution in [-0.2, 0) is 22.5 Å². The van der Waals surface area contributed by atoms with Crippen molar-refractivity contribution in [3.8, 4) is 11.4 Å². The van der Waals surface area contributed by atoms with Gasteiger partial charge >= 0.3 is 5.97 Å². The molecule has 1 heterocycles. The van der Waals surface area contributed by atoms with Crippen LogP contribution in [0.3, 0.4) is 0 Å². The Bertz CT molecular complexity index is 1220. The van der Waals surface area contributed by atoms with Gasteiger partial charge in [0.15, 0.2) is 0 Å². The lowest BCUT2D eigenvalue weighted by atomic mass is 10.1. The summed E-state index contributed by atoms with van der Waals surface area (Å²) in [6.07, 6.45) is -0.160. The van der Waals surface area contributed by atoms with Crippen LogP contribution in [0, 0.1) is 10.1 Å². The van der Waals surface area contributed by atoms with E-state index in [-0.39, 0.29) is 17.7 Å². The average molecular weight is 438 g/mol.